The molecule has 2 heterocycles. The number of amides is 2. The maximum atomic E-state index is 12.9. The quantitative estimate of drug-likeness (QED) is 0.763. The summed E-state index contributed by atoms with van der Waals surface area (Å²) in [6.07, 6.45) is 6.76. The Hall–Kier alpha value is -2.45. The van der Waals surface area contributed by atoms with Gasteiger partial charge in [-0.3, -0.25) is 14.3 Å². The number of hydrogen-bond donors (Lipinski definition) is 2. The molecule has 0 unspecified atom stereocenters. The Morgan fingerprint density at radius 1 is 1.23 bits per heavy atom. The lowest BCUT2D eigenvalue weighted by atomic mass is 9.85. The summed E-state index contributed by atoms with van der Waals surface area (Å²) in [6.45, 7) is 2.97. The number of rotatable bonds is 5. The third-order valence-corrected chi connectivity index (χ3v) is 6.77. The molecule has 0 spiro atoms. The molecule has 1 aliphatic heterocycles. The Morgan fingerprint density at radius 2 is 1.94 bits per heavy atom. The highest BCUT2D eigenvalue weighted by atomic mass is 16.5. The SMILES string of the molecule is COC1CCC(C(=O)N2CCC(O)(Cn3ncc4ccc(NC(C)=O)cc43)CC2)CC1. The fourth-order valence-corrected chi connectivity index (χ4v) is 4.86. The molecule has 8 heteroatoms. The lowest BCUT2D eigenvalue weighted by Crippen LogP contribution is -2.50. The third-order valence-electron chi connectivity index (χ3n) is 6.77. The van der Waals surface area contributed by atoms with Crippen molar-refractivity contribution in [2.45, 2.75) is 63.7 Å². The average Bonchev–Trinajstić information content (AvgIpc) is 3.15. The molecule has 2 amide bonds. The number of aliphatic hydroxyl groups is 1. The van der Waals surface area contributed by atoms with E-state index in [0.717, 1.165) is 36.6 Å². The number of fused-ring (bicyclic) bond motifs is 1. The highest BCUT2D eigenvalue weighted by Crippen LogP contribution is 2.31. The second-order valence-corrected chi connectivity index (χ2v) is 9.02. The van der Waals surface area contributed by atoms with Gasteiger partial charge in [-0.2, -0.15) is 5.10 Å². The molecule has 0 radical (unpaired) electrons. The van der Waals surface area contributed by atoms with Crippen molar-refractivity contribution in [3.05, 3.63) is 24.4 Å². The second-order valence-electron chi connectivity index (χ2n) is 9.02. The number of anilines is 1. The summed E-state index contributed by atoms with van der Waals surface area (Å²) in [7, 11) is 1.74. The van der Waals surface area contributed by atoms with Crippen LogP contribution in [0, 0.1) is 5.92 Å². The number of nitrogens with one attached hydrogen (secondary N) is 1. The van der Waals surface area contributed by atoms with E-state index in [0.29, 0.717) is 38.2 Å². The minimum absolute atomic E-state index is 0.0832. The van der Waals surface area contributed by atoms with Gasteiger partial charge in [0.1, 0.15) is 0 Å². The fourth-order valence-electron chi connectivity index (χ4n) is 4.86. The van der Waals surface area contributed by atoms with Crippen LogP contribution in [0.2, 0.25) is 0 Å². The van der Waals surface area contributed by atoms with Crippen LogP contribution < -0.4 is 5.32 Å². The van der Waals surface area contributed by atoms with Gasteiger partial charge in [0.05, 0.1) is 30.0 Å². The average molecular weight is 429 g/mol. The normalized spacial score (nSPS) is 23.6. The van der Waals surface area contributed by atoms with E-state index in [4.69, 9.17) is 4.74 Å². The molecule has 1 aliphatic carbocycles. The number of methoxy groups -OCH3 is 1. The first kappa shape index (κ1) is 21.8. The number of aromatic nitrogens is 2. The van der Waals surface area contributed by atoms with E-state index in [9.17, 15) is 14.7 Å². The van der Waals surface area contributed by atoms with Crippen LogP contribution in [0.3, 0.4) is 0 Å². The van der Waals surface area contributed by atoms with Crippen molar-refractivity contribution in [2.24, 2.45) is 5.92 Å². The molecular weight excluding hydrogens is 396 g/mol. The first-order chi connectivity index (χ1) is 14.9. The van der Waals surface area contributed by atoms with Crippen LogP contribution in [0.1, 0.15) is 45.4 Å². The van der Waals surface area contributed by atoms with E-state index < -0.39 is 5.60 Å². The minimum Gasteiger partial charge on any atom is -0.388 e. The topological polar surface area (TPSA) is 96.7 Å². The molecule has 4 rings (SSSR count). The number of ether oxygens (including phenoxy) is 1. The largest absolute Gasteiger partial charge is 0.388 e. The summed E-state index contributed by atoms with van der Waals surface area (Å²) in [5, 5.41) is 19.4. The predicted octanol–water partition coefficient (Wildman–Crippen LogP) is 2.55. The molecule has 31 heavy (non-hydrogen) atoms. The van der Waals surface area contributed by atoms with Crippen molar-refractivity contribution in [1.29, 1.82) is 0 Å². The Kier molecular flexibility index (Phi) is 6.29. The van der Waals surface area contributed by atoms with E-state index in [2.05, 4.69) is 10.4 Å². The van der Waals surface area contributed by atoms with Gasteiger partial charge in [-0.25, -0.2) is 0 Å². The van der Waals surface area contributed by atoms with Gasteiger partial charge in [0.25, 0.3) is 0 Å². The molecule has 1 aromatic heterocycles. The van der Waals surface area contributed by atoms with Crippen LogP contribution in [0.15, 0.2) is 24.4 Å². The number of piperidine rings is 1. The summed E-state index contributed by atoms with van der Waals surface area (Å²) in [4.78, 5) is 26.2. The molecule has 1 saturated carbocycles. The molecule has 168 valence electrons. The molecule has 8 nitrogen and oxygen atoms in total. The zero-order valence-electron chi connectivity index (χ0n) is 18.3. The summed E-state index contributed by atoms with van der Waals surface area (Å²) in [5.74, 6) is 0.178. The molecule has 0 bridgehead atoms. The van der Waals surface area contributed by atoms with Gasteiger partial charge in [-0.05, 0) is 56.7 Å². The molecule has 2 aliphatic rings. The minimum atomic E-state index is -0.909. The van der Waals surface area contributed by atoms with Crippen LogP contribution in [0.25, 0.3) is 10.9 Å². The summed E-state index contributed by atoms with van der Waals surface area (Å²) < 4.78 is 7.21. The summed E-state index contributed by atoms with van der Waals surface area (Å²) in [6, 6.07) is 5.63. The van der Waals surface area contributed by atoms with Gasteiger partial charge in [0, 0.05) is 44.1 Å². The Balaban J connectivity index is 1.38. The maximum absolute atomic E-state index is 12.9. The molecular formula is C23H32N4O4. The van der Waals surface area contributed by atoms with Crippen LogP contribution >= 0.6 is 0 Å². The molecule has 2 fully saturated rings. The number of hydrogen-bond acceptors (Lipinski definition) is 5. The number of carbonyl (C=O) groups is 2. The first-order valence-corrected chi connectivity index (χ1v) is 11.1. The smallest absolute Gasteiger partial charge is 0.225 e. The van der Waals surface area contributed by atoms with Crippen molar-refractivity contribution < 1.29 is 19.4 Å². The van der Waals surface area contributed by atoms with E-state index in [1.807, 2.05) is 23.1 Å². The number of likely N-dealkylation sites (tertiary alicyclic amines) is 1. The van der Waals surface area contributed by atoms with Gasteiger partial charge in [-0.15, -0.1) is 0 Å². The third kappa shape index (κ3) is 4.91. The fraction of sp³-hybridized carbons (Fsp3) is 0.609. The van der Waals surface area contributed by atoms with E-state index >= 15 is 0 Å². The van der Waals surface area contributed by atoms with Crippen molar-refractivity contribution in [2.75, 3.05) is 25.5 Å². The van der Waals surface area contributed by atoms with E-state index in [1.165, 1.54) is 6.92 Å². The second kappa shape index (κ2) is 8.96. The molecule has 2 N–H and O–H groups in total. The van der Waals surface area contributed by atoms with Gasteiger partial charge < -0.3 is 20.1 Å². The molecule has 1 saturated heterocycles. The highest BCUT2D eigenvalue weighted by molar-refractivity contribution is 5.92. The maximum Gasteiger partial charge on any atom is 0.225 e. The van der Waals surface area contributed by atoms with Crippen molar-refractivity contribution in [1.82, 2.24) is 14.7 Å². The zero-order chi connectivity index (χ0) is 22.0. The first-order valence-electron chi connectivity index (χ1n) is 11.1. The monoisotopic (exact) mass is 428 g/mol. The van der Waals surface area contributed by atoms with E-state index in [-0.39, 0.29) is 23.8 Å². The number of carbonyl (C=O) groups excluding carboxylic acids is 2. The number of benzene rings is 1. The number of nitrogens with zero attached hydrogens (tertiary/aromatic N) is 3. The Morgan fingerprint density at radius 3 is 2.58 bits per heavy atom. The molecule has 1 aromatic carbocycles. The van der Waals surface area contributed by atoms with Gasteiger partial charge in [0.2, 0.25) is 11.8 Å². The van der Waals surface area contributed by atoms with Crippen LogP contribution in [0.4, 0.5) is 5.69 Å². The molecule has 2 aromatic rings. The lowest BCUT2D eigenvalue weighted by molar-refractivity contribution is -0.142. The van der Waals surface area contributed by atoms with Crippen LogP contribution in [-0.4, -0.2) is 63.5 Å². The lowest BCUT2D eigenvalue weighted by Gasteiger charge is -2.40. The van der Waals surface area contributed by atoms with E-state index in [1.54, 1.807) is 18.0 Å². The summed E-state index contributed by atoms with van der Waals surface area (Å²) >= 11 is 0. The van der Waals surface area contributed by atoms with Crippen LogP contribution in [-0.2, 0) is 20.9 Å². The Labute approximate surface area is 182 Å². The van der Waals surface area contributed by atoms with Crippen molar-refractivity contribution in [3.8, 4) is 0 Å². The Bertz CT molecular complexity index is 940. The summed E-state index contributed by atoms with van der Waals surface area (Å²) in [5.41, 5.74) is 0.665. The van der Waals surface area contributed by atoms with Crippen molar-refractivity contribution in [3.63, 3.8) is 0 Å². The van der Waals surface area contributed by atoms with Gasteiger partial charge >= 0.3 is 0 Å². The zero-order valence-corrected chi connectivity index (χ0v) is 18.3. The van der Waals surface area contributed by atoms with Crippen LogP contribution in [0.5, 0.6) is 0 Å². The predicted molar refractivity (Wildman–Crippen MR) is 118 cm³/mol. The standard InChI is InChI=1S/C23H32N4O4/c1-16(28)25-19-6-3-18-14-24-27(21(18)13-19)15-23(30)9-11-26(12-10-23)22(29)17-4-7-20(31-2)8-5-17/h3,6,13-14,17,20,30H,4-5,7-12,15H2,1-2H3,(H,25,28). The highest BCUT2D eigenvalue weighted by Gasteiger charge is 2.37. The molecule has 0 atom stereocenters. The van der Waals surface area contributed by atoms with Crippen molar-refractivity contribution >= 4 is 28.4 Å². The van der Waals surface area contributed by atoms with Gasteiger partial charge in [0.15, 0.2) is 0 Å². The van der Waals surface area contributed by atoms with Gasteiger partial charge in [-0.1, -0.05) is 0 Å².